The summed E-state index contributed by atoms with van der Waals surface area (Å²) >= 11 is 1.32. The van der Waals surface area contributed by atoms with E-state index in [0.29, 0.717) is 5.75 Å². The summed E-state index contributed by atoms with van der Waals surface area (Å²) < 4.78 is 38.4. The highest BCUT2D eigenvalue weighted by Crippen LogP contribution is 2.50. The Kier molecular flexibility index (Phi) is 4.49. The molecule has 1 fully saturated rings. The number of carboxylic acids is 1. The lowest BCUT2D eigenvalue weighted by Gasteiger charge is -2.12. The molecule has 0 radical (unpaired) electrons. The molecular formula is C9H13F3O3S. The summed E-state index contributed by atoms with van der Waals surface area (Å²) in [7, 11) is 0. The highest BCUT2D eigenvalue weighted by molar-refractivity contribution is 7.99. The van der Waals surface area contributed by atoms with E-state index in [-0.39, 0.29) is 24.2 Å². The van der Waals surface area contributed by atoms with Gasteiger partial charge in [0, 0.05) is 5.75 Å². The van der Waals surface area contributed by atoms with Crippen molar-refractivity contribution in [1.82, 2.24) is 0 Å². The Balaban J connectivity index is 2.05. The minimum absolute atomic E-state index is 0.111. The number of hydrogen-bond donors (Lipinski definition) is 1. The molecule has 0 unspecified atom stereocenters. The van der Waals surface area contributed by atoms with Crippen LogP contribution >= 0.6 is 11.8 Å². The minimum Gasteiger partial charge on any atom is -0.481 e. The molecule has 1 rings (SSSR count). The number of aliphatic carboxylic acids is 1. The molecule has 7 heteroatoms. The van der Waals surface area contributed by atoms with Gasteiger partial charge in [-0.1, -0.05) is 0 Å². The molecule has 0 aliphatic heterocycles. The first-order chi connectivity index (χ1) is 7.33. The third-order valence-corrected chi connectivity index (χ3v) is 3.66. The first-order valence-electron chi connectivity index (χ1n) is 4.83. The van der Waals surface area contributed by atoms with Gasteiger partial charge in [0.05, 0.1) is 13.0 Å². The smallest absolute Gasteiger partial charge is 0.481 e. The van der Waals surface area contributed by atoms with E-state index in [1.165, 1.54) is 11.8 Å². The Morgan fingerprint density at radius 3 is 2.50 bits per heavy atom. The van der Waals surface area contributed by atoms with E-state index in [0.717, 1.165) is 12.8 Å². The fourth-order valence-electron chi connectivity index (χ4n) is 1.37. The number of carbonyl (C=O) groups is 1. The van der Waals surface area contributed by atoms with Gasteiger partial charge >= 0.3 is 12.3 Å². The van der Waals surface area contributed by atoms with Crippen LogP contribution in [0.1, 0.15) is 19.3 Å². The van der Waals surface area contributed by atoms with Crippen LogP contribution in [0.2, 0.25) is 0 Å². The zero-order valence-electron chi connectivity index (χ0n) is 8.55. The second-order valence-corrected chi connectivity index (χ2v) is 5.02. The standard InChI is InChI=1S/C9H13F3O3S/c10-9(11,12)15-3-4-16-6-8(1-2-8)5-7(13)14/h1-6H2,(H,13,14). The maximum Gasteiger partial charge on any atom is 0.522 e. The van der Waals surface area contributed by atoms with Gasteiger partial charge in [-0.15, -0.1) is 13.2 Å². The van der Waals surface area contributed by atoms with Gasteiger partial charge < -0.3 is 5.11 Å². The van der Waals surface area contributed by atoms with Gasteiger partial charge in [0.1, 0.15) is 0 Å². The molecule has 94 valence electrons. The topological polar surface area (TPSA) is 46.5 Å². The van der Waals surface area contributed by atoms with E-state index in [9.17, 15) is 18.0 Å². The molecule has 0 saturated heterocycles. The highest BCUT2D eigenvalue weighted by Gasteiger charge is 2.44. The van der Waals surface area contributed by atoms with Crippen molar-refractivity contribution in [3.8, 4) is 0 Å². The lowest BCUT2D eigenvalue weighted by Crippen LogP contribution is -2.16. The van der Waals surface area contributed by atoms with Crippen molar-refractivity contribution in [3.05, 3.63) is 0 Å². The predicted octanol–water partition coefficient (Wildman–Crippen LogP) is 2.51. The Hall–Kier alpha value is -0.430. The van der Waals surface area contributed by atoms with E-state index in [4.69, 9.17) is 5.11 Å². The lowest BCUT2D eigenvalue weighted by molar-refractivity contribution is -0.322. The second kappa shape index (κ2) is 5.27. The number of thioether (sulfide) groups is 1. The highest BCUT2D eigenvalue weighted by atomic mass is 32.2. The Bertz CT molecular complexity index is 251. The molecule has 0 aromatic carbocycles. The van der Waals surface area contributed by atoms with Crippen LogP contribution in [-0.4, -0.2) is 35.6 Å². The van der Waals surface area contributed by atoms with Crippen LogP contribution in [0.5, 0.6) is 0 Å². The van der Waals surface area contributed by atoms with Crippen molar-refractivity contribution in [1.29, 1.82) is 0 Å². The SMILES string of the molecule is O=C(O)CC1(CSCCOC(F)(F)F)CC1. The molecule has 1 aliphatic carbocycles. The molecule has 0 heterocycles. The molecule has 0 bridgehead atoms. The second-order valence-electron chi connectivity index (χ2n) is 3.92. The summed E-state index contributed by atoms with van der Waals surface area (Å²) in [6, 6.07) is 0. The van der Waals surface area contributed by atoms with Gasteiger partial charge in [0.15, 0.2) is 0 Å². The molecule has 16 heavy (non-hydrogen) atoms. The van der Waals surface area contributed by atoms with Gasteiger partial charge in [0.2, 0.25) is 0 Å². The van der Waals surface area contributed by atoms with Crippen LogP contribution in [0.25, 0.3) is 0 Å². The van der Waals surface area contributed by atoms with E-state index in [1.807, 2.05) is 0 Å². The monoisotopic (exact) mass is 258 g/mol. The van der Waals surface area contributed by atoms with Crippen molar-refractivity contribution in [3.63, 3.8) is 0 Å². The molecule has 0 aromatic heterocycles. The van der Waals surface area contributed by atoms with Crippen molar-refractivity contribution in [2.24, 2.45) is 5.41 Å². The third kappa shape index (κ3) is 5.60. The predicted molar refractivity (Wildman–Crippen MR) is 53.3 cm³/mol. The maximum absolute atomic E-state index is 11.6. The summed E-state index contributed by atoms with van der Waals surface area (Å²) in [4.78, 5) is 10.5. The van der Waals surface area contributed by atoms with Gasteiger partial charge in [-0.2, -0.15) is 11.8 Å². The van der Waals surface area contributed by atoms with E-state index < -0.39 is 12.3 Å². The van der Waals surface area contributed by atoms with Crippen LogP contribution < -0.4 is 0 Å². The molecule has 3 nitrogen and oxygen atoms in total. The molecule has 0 spiro atoms. The molecule has 0 aromatic rings. The van der Waals surface area contributed by atoms with Crippen LogP contribution in [-0.2, 0) is 9.53 Å². The van der Waals surface area contributed by atoms with Crippen LogP contribution in [0.4, 0.5) is 13.2 Å². The number of halogens is 3. The zero-order valence-corrected chi connectivity index (χ0v) is 9.36. The zero-order chi connectivity index (χ0) is 12.2. The molecular weight excluding hydrogens is 245 g/mol. The molecule has 0 atom stereocenters. The number of rotatable bonds is 7. The summed E-state index contributed by atoms with van der Waals surface area (Å²) in [5.41, 5.74) is -0.172. The molecule has 1 saturated carbocycles. The van der Waals surface area contributed by atoms with E-state index >= 15 is 0 Å². The minimum atomic E-state index is -4.57. The van der Waals surface area contributed by atoms with Gasteiger partial charge in [-0.05, 0) is 24.0 Å². The number of alkyl halides is 3. The summed E-state index contributed by atoms with van der Waals surface area (Å²) in [6.45, 7) is -0.378. The van der Waals surface area contributed by atoms with E-state index in [2.05, 4.69) is 4.74 Å². The first-order valence-corrected chi connectivity index (χ1v) is 5.99. The number of hydrogen-bond acceptors (Lipinski definition) is 3. The van der Waals surface area contributed by atoms with Crippen molar-refractivity contribution >= 4 is 17.7 Å². The maximum atomic E-state index is 11.6. The Morgan fingerprint density at radius 2 is 2.06 bits per heavy atom. The number of carboxylic acid groups (broad SMARTS) is 1. The largest absolute Gasteiger partial charge is 0.522 e. The summed E-state index contributed by atoms with van der Waals surface area (Å²) in [5.74, 6) is -0.00821. The average molecular weight is 258 g/mol. The quantitative estimate of drug-likeness (QED) is 0.713. The molecule has 1 aliphatic rings. The van der Waals surface area contributed by atoms with Crippen molar-refractivity contribution < 1.29 is 27.8 Å². The fraction of sp³-hybridized carbons (Fsp3) is 0.889. The Morgan fingerprint density at radius 1 is 1.44 bits per heavy atom. The van der Waals surface area contributed by atoms with Crippen LogP contribution in [0.3, 0.4) is 0 Å². The van der Waals surface area contributed by atoms with Gasteiger partial charge in [-0.3, -0.25) is 9.53 Å². The molecule has 0 amide bonds. The number of ether oxygens (including phenoxy) is 1. The molecule has 1 N–H and O–H groups in total. The normalized spacial score (nSPS) is 18.4. The summed E-state index contributed by atoms with van der Waals surface area (Å²) in [6.07, 6.45) is -2.75. The van der Waals surface area contributed by atoms with Crippen molar-refractivity contribution in [2.45, 2.75) is 25.6 Å². The first kappa shape index (κ1) is 13.6. The van der Waals surface area contributed by atoms with E-state index in [1.54, 1.807) is 0 Å². The summed E-state index contributed by atoms with van der Waals surface area (Å²) in [5, 5.41) is 8.62. The average Bonchev–Trinajstić information content (AvgIpc) is 2.81. The lowest BCUT2D eigenvalue weighted by atomic mass is 10.1. The van der Waals surface area contributed by atoms with Gasteiger partial charge in [0.25, 0.3) is 0 Å². The van der Waals surface area contributed by atoms with Crippen LogP contribution in [0, 0.1) is 5.41 Å². The third-order valence-electron chi connectivity index (χ3n) is 2.38. The van der Waals surface area contributed by atoms with Crippen molar-refractivity contribution in [2.75, 3.05) is 18.1 Å². The van der Waals surface area contributed by atoms with Crippen LogP contribution in [0.15, 0.2) is 0 Å². The van der Waals surface area contributed by atoms with Gasteiger partial charge in [-0.25, -0.2) is 0 Å². The Labute approximate surface area is 95.3 Å². The fourth-order valence-corrected chi connectivity index (χ4v) is 2.54.